The molecule has 0 fully saturated rings. The third kappa shape index (κ3) is 5.40. The minimum Gasteiger partial charge on any atom is -0.489 e. The fourth-order valence-electron chi connectivity index (χ4n) is 2.27. The summed E-state index contributed by atoms with van der Waals surface area (Å²) in [5.41, 5.74) is 9.44. The van der Waals surface area contributed by atoms with Gasteiger partial charge in [0.2, 0.25) is 0 Å². The van der Waals surface area contributed by atoms with Crippen LogP contribution in [0.15, 0.2) is 72.8 Å². The molecule has 0 saturated carbocycles. The third-order valence-corrected chi connectivity index (χ3v) is 4.22. The Morgan fingerprint density at radius 3 is 2.32 bits per heavy atom. The summed E-state index contributed by atoms with van der Waals surface area (Å²) < 4.78 is 5.78. The Hall–Kier alpha value is -2.20. The molecule has 0 radical (unpaired) electrons. The summed E-state index contributed by atoms with van der Waals surface area (Å²) >= 11 is 12.0. The zero-order chi connectivity index (χ0) is 17.5. The van der Waals surface area contributed by atoms with Crippen LogP contribution in [0.2, 0.25) is 10.0 Å². The zero-order valence-corrected chi connectivity index (χ0v) is 15.0. The van der Waals surface area contributed by atoms with Crippen LogP contribution < -0.4 is 15.6 Å². The first kappa shape index (κ1) is 17.6. The summed E-state index contributed by atoms with van der Waals surface area (Å²) in [6.45, 7) is 1.11. The van der Waals surface area contributed by atoms with Crippen LogP contribution in [0.1, 0.15) is 11.1 Å². The number of rotatable bonds is 7. The van der Waals surface area contributed by atoms with Gasteiger partial charge in [0.25, 0.3) is 0 Å². The summed E-state index contributed by atoms with van der Waals surface area (Å²) in [6, 6.07) is 23.3. The lowest BCUT2D eigenvalue weighted by Gasteiger charge is -2.10. The molecule has 0 atom stereocenters. The van der Waals surface area contributed by atoms with Crippen LogP contribution in [-0.2, 0) is 13.2 Å². The topological polar surface area (TPSA) is 33.3 Å². The van der Waals surface area contributed by atoms with Gasteiger partial charge < -0.3 is 10.2 Å². The van der Waals surface area contributed by atoms with E-state index >= 15 is 0 Å². The highest BCUT2D eigenvalue weighted by atomic mass is 35.5. The highest BCUT2D eigenvalue weighted by molar-refractivity contribution is 6.35. The molecule has 3 rings (SSSR count). The maximum atomic E-state index is 6.15. The minimum absolute atomic E-state index is 0.406. The van der Waals surface area contributed by atoms with Gasteiger partial charge in [-0.25, -0.2) is 5.43 Å². The zero-order valence-electron chi connectivity index (χ0n) is 13.5. The average Bonchev–Trinajstić information content (AvgIpc) is 2.63. The van der Waals surface area contributed by atoms with Crippen molar-refractivity contribution in [1.29, 1.82) is 0 Å². The largest absolute Gasteiger partial charge is 0.489 e. The van der Waals surface area contributed by atoms with E-state index in [1.54, 1.807) is 12.1 Å². The smallest absolute Gasteiger partial charge is 0.119 e. The maximum absolute atomic E-state index is 6.15. The molecule has 0 unspecified atom stereocenters. The highest BCUT2D eigenvalue weighted by Gasteiger charge is 2.03. The van der Waals surface area contributed by atoms with Gasteiger partial charge in [-0.2, -0.15) is 0 Å². The van der Waals surface area contributed by atoms with Gasteiger partial charge in [0.05, 0.1) is 0 Å². The van der Waals surface area contributed by atoms with Crippen LogP contribution in [0, 0.1) is 0 Å². The predicted molar refractivity (Wildman–Crippen MR) is 104 cm³/mol. The van der Waals surface area contributed by atoms with Crippen molar-refractivity contribution in [2.45, 2.75) is 13.2 Å². The lowest BCUT2D eigenvalue weighted by Crippen LogP contribution is -2.20. The van der Waals surface area contributed by atoms with Crippen molar-refractivity contribution in [2.24, 2.45) is 0 Å². The van der Waals surface area contributed by atoms with Crippen molar-refractivity contribution in [1.82, 2.24) is 5.43 Å². The van der Waals surface area contributed by atoms with Gasteiger partial charge in [-0.05, 0) is 42.0 Å². The highest BCUT2D eigenvalue weighted by Crippen LogP contribution is 2.22. The van der Waals surface area contributed by atoms with Crippen LogP contribution >= 0.6 is 23.2 Å². The van der Waals surface area contributed by atoms with Gasteiger partial charge in [-0.15, -0.1) is 0 Å². The van der Waals surface area contributed by atoms with Crippen LogP contribution in [0.25, 0.3) is 0 Å². The molecule has 0 aliphatic carbocycles. The summed E-state index contributed by atoms with van der Waals surface area (Å²) in [6.07, 6.45) is 0. The average molecular weight is 373 g/mol. The Bertz CT molecular complexity index is 808. The Morgan fingerprint density at radius 2 is 1.60 bits per heavy atom. The van der Waals surface area contributed by atoms with E-state index in [2.05, 4.69) is 10.9 Å². The lowest BCUT2D eigenvalue weighted by molar-refractivity contribution is 0.306. The lowest BCUT2D eigenvalue weighted by atomic mass is 10.2. The number of halogens is 2. The fraction of sp³-hybridized carbons (Fsp3) is 0.100. The number of hydrogen-bond donors (Lipinski definition) is 2. The number of ether oxygens (including phenoxy) is 1. The molecule has 0 heterocycles. The van der Waals surface area contributed by atoms with Crippen LogP contribution in [0.3, 0.4) is 0 Å². The molecular weight excluding hydrogens is 355 g/mol. The molecule has 0 amide bonds. The molecule has 0 spiro atoms. The Morgan fingerprint density at radius 1 is 0.840 bits per heavy atom. The second-order valence-electron chi connectivity index (χ2n) is 5.51. The van der Waals surface area contributed by atoms with Crippen LogP contribution in [0.5, 0.6) is 5.75 Å². The van der Waals surface area contributed by atoms with E-state index in [4.69, 9.17) is 27.9 Å². The van der Waals surface area contributed by atoms with E-state index in [0.717, 1.165) is 22.6 Å². The van der Waals surface area contributed by atoms with E-state index in [0.29, 0.717) is 23.2 Å². The van der Waals surface area contributed by atoms with E-state index in [1.165, 1.54) is 0 Å². The van der Waals surface area contributed by atoms with Gasteiger partial charge in [0.1, 0.15) is 12.4 Å². The molecule has 0 bridgehead atoms. The van der Waals surface area contributed by atoms with Crippen molar-refractivity contribution in [3.63, 3.8) is 0 Å². The molecule has 0 aliphatic heterocycles. The number of para-hydroxylation sites is 1. The third-order valence-electron chi connectivity index (χ3n) is 3.63. The summed E-state index contributed by atoms with van der Waals surface area (Å²) in [5, 5.41) is 1.23. The Balaban J connectivity index is 1.48. The molecule has 0 saturated heterocycles. The van der Waals surface area contributed by atoms with Crippen molar-refractivity contribution in [2.75, 3.05) is 5.43 Å². The molecule has 25 heavy (non-hydrogen) atoms. The first-order chi connectivity index (χ1) is 12.2. The monoisotopic (exact) mass is 372 g/mol. The Labute approximate surface area is 157 Å². The van der Waals surface area contributed by atoms with Gasteiger partial charge in [-0.1, -0.05) is 59.6 Å². The molecule has 3 nitrogen and oxygen atoms in total. The fourth-order valence-corrected chi connectivity index (χ4v) is 2.74. The number of nitrogens with one attached hydrogen (secondary N) is 2. The van der Waals surface area contributed by atoms with Gasteiger partial charge in [0, 0.05) is 27.8 Å². The van der Waals surface area contributed by atoms with Crippen molar-refractivity contribution >= 4 is 28.9 Å². The van der Waals surface area contributed by atoms with E-state index in [1.807, 2.05) is 60.7 Å². The predicted octanol–water partition coefficient (Wildman–Crippen LogP) is 5.69. The van der Waals surface area contributed by atoms with Crippen molar-refractivity contribution in [3.8, 4) is 5.75 Å². The molecule has 128 valence electrons. The SMILES string of the molecule is Clc1ccc(COc2ccc(CNNc3ccccc3)cc2)c(Cl)c1. The minimum atomic E-state index is 0.406. The van der Waals surface area contributed by atoms with Crippen LogP contribution in [0.4, 0.5) is 5.69 Å². The number of benzene rings is 3. The van der Waals surface area contributed by atoms with Crippen LogP contribution in [-0.4, -0.2) is 0 Å². The molecule has 0 aliphatic rings. The standard InChI is InChI=1S/C20H18Cl2N2O/c21-17-9-8-16(20(22)12-17)14-25-19-10-6-15(7-11-19)13-23-24-18-4-2-1-3-5-18/h1-12,23-24H,13-14H2. The Kier molecular flexibility index (Phi) is 6.18. The van der Waals surface area contributed by atoms with E-state index < -0.39 is 0 Å². The maximum Gasteiger partial charge on any atom is 0.119 e. The molecule has 5 heteroatoms. The summed E-state index contributed by atoms with van der Waals surface area (Å²) in [5.74, 6) is 0.797. The van der Waals surface area contributed by atoms with Gasteiger partial charge >= 0.3 is 0 Å². The first-order valence-electron chi connectivity index (χ1n) is 7.90. The number of hydrazine groups is 1. The molecular formula is C20H18Cl2N2O. The van der Waals surface area contributed by atoms with E-state index in [-0.39, 0.29) is 0 Å². The molecule has 3 aromatic carbocycles. The number of hydrogen-bond acceptors (Lipinski definition) is 3. The van der Waals surface area contributed by atoms with E-state index in [9.17, 15) is 0 Å². The normalized spacial score (nSPS) is 10.5. The molecule has 0 aromatic heterocycles. The summed E-state index contributed by atoms with van der Waals surface area (Å²) in [4.78, 5) is 0. The van der Waals surface area contributed by atoms with Gasteiger partial charge in [0.15, 0.2) is 0 Å². The molecule has 3 aromatic rings. The molecule has 2 N–H and O–H groups in total. The second-order valence-corrected chi connectivity index (χ2v) is 6.36. The second kappa shape index (κ2) is 8.77. The summed E-state index contributed by atoms with van der Waals surface area (Å²) in [7, 11) is 0. The number of anilines is 1. The van der Waals surface area contributed by atoms with Gasteiger partial charge in [-0.3, -0.25) is 0 Å². The van der Waals surface area contributed by atoms with Crippen molar-refractivity contribution < 1.29 is 4.74 Å². The van der Waals surface area contributed by atoms with Crippen molar-refractivity contribution in [3.05, 3.63) is 94.0 Å². The first-order valence-corrected chi connectivity index (χ1v) is 8.66. The quantitative estimate of drug-likeness (QED) is 0.522.